The maximum Gasteiger partial charge on any atom is 0.307 e. The Hall–Kier alpha value is -3.67. The number of rotatable bonds is 10. The second kappa shape index (κ2) is 10.1. The normalized spacial score (nSPS) is 20.0. The van der Waals surface area contributed by atoms with Crippen LogP contribution in [0.3, 0.4) is 0 Å². The van der Waals surface area contributed by atoms with Crippen molar-refractivity contribution < 1.29 is 19.4 Å². The fraction of sp³-hybridized carbons (Fsp3) is 0.367. The highest BCUT2D eigenvalue weighted by Gasteiger charge is 2.59. The first-order valence-electron chi connectivity index (χ1n) is 12.5. The molecule has 1 N–H and O–H groups in total. The van der Waals surface area contributed by atoms with Gasteiger partial charge in [-0.25, -0.2) is 4.98 Å². The molecule has 1 fully saturated rings. The van der Waals surface area contributed by atoms with Gasteiger partial charge < -0.3 is 14.6 Å². The maximum atomic E-state index is 11.3. The van der Waals surface area contributed by atoms with Crippen LogP contribution in [-0.4, -0.2) is 35.4 Å². The molecule has 0 saturated heterocycles. The van der Waals surface area contributed by atoms with Crippen molar-refractivity contribution >= 4 is 11.7 Å². The number of carbonyl (C=O) groups is 1. The molecule has 186 valence electrons. The number of fused-ring (bicyclic) bond motifs is 3. The highest BCUT2D eigenvalue weighted by molar-refractivity contribution is 5.81. The molecule has 0 unspecified atom stereocenters. The quantitative estimate of drug-likeness (QED) is 0.288. The van der Waals surface area contributed by atoms with Crippen molar-refractivity contribution in [3.8, 4) is 22.8 Å². The van der Waals surface area contributed by atoms with Crippen molar-refractivity contribution in [1.29, 1.82) is 0 Å². The predicted octanol–water partition coefficient (Wildman–Crippen LogP) is 5.86. The fourth-order valence-electron chi connectivity index (χ4n) is 5.35. The molecule has 0 radical (unpaired) electrons. The lowest BCUT2D eigenvalue weighted by atomic mass is 9.99. The van der Waals surface area contributed by atoms with Crippen molar-refractivity contribution in [2.24, 2.45) is 16.8 Å². The third kappa shape index (κ3) is 4.99. The van der Waals surface area contributed by atoms with Crippen LogP contribution in [-0.2, 0) is 17.8 Å². The van der Waals surface area contributed by atoms with E-state index < -0.39 is 5.97 Å². The number of ether oxygens (including phenoxy) is 2. The molecule has 6 heteroatoms. The lowest BCUT2D eigenvalue weighted by Crippen LogP contribution is -2.06. The van der Waals surface area contributed by atoms with Crippen molar-refractivity contribution in [1.82, 2.24) is 4.98 Å². The molecule has 2 aliphatic rings. The minimum absolute atomic E-state index is 0.135. The summed E-state index contributed by atoms with van der Waals surface area (Å²) in [5.74, 6) is 0.910. The van der Waals surface area contributed by atoms with Gasteiger partial charge in [-0.05, 0) is 90.6 Å². The Kier molecular flexibility index (Phi) is 6.77. The van der Waals surface area contributed by atoms with Crippen LogP contribution in [0.1, 0.15) is 47.9 Å². The van der Waals surface area contributed by atoms with Gasteiger partial charge in [-0.1, -0.05) is 24.3 Å². The van der Waals surface area contributed by atoms with E-state index in [1.54, 1.807) is 6.20 Å². The summed E-state index contributed by atoms with van der Waals surface area (Å²) in [6.07, 6.45) is 4.52. The van der Waals surface area contributed by atoms with Crippen LogP contribution in [0.15, 0.2) is 59.7 Å². The number of aromatic nitrogens is 1. The molecule has 1 aromatic heterocycles. The number of carboxylic acids is 1. The van der Waals surface area contributed by atoms with Gasteiger partial charge in [-0.15, -0.1) is 0 Å². The van der Waals surface area contributed by atoms with Crippen LogP contribution in [0.25, 0.3) is 11.1 Å². The molecular weight excluding hydrogens is 452 g/mol. The van der Waals surface area contributed by atoms with E-state index in [0.29, 0.717) is 19.1 Å². The lowest BCUT2D eigenvalue weighted by molar-refractivity contribution is -0.139. The SMILES string of the molecule is C/N=C(\C)CCCOc1ccc(-c2cccc(COc3cc4c(cn3)[C@H]3[C@@H](C4)[C@@H]3C(=O)O)c2)c(C)c1. The van der Waals surface area contributed by atoms with Gasteiger partial charge in [0, 0.05) is 30.9 Å². The zero-order valence-corrected chi connectivity index (χ0v) is 21.0. The molecule has 36 heavy (non-hydrogen) atoms. The molecule has 0 bridgehead atoms. The first kappa shape index (κ1) is 24.0. The molecule has 2 aliphatic carbocycles. The molecule has 6 nitrogen and oxygen atoms in total. The number of aliphatic imine (C=N–C) groups is 1. The molecule has 2 aromatic carbocycles. The molecule has 0 aliphatic heterocycles. The largest absolute Gasteiger partial charge is 0.494 e. The number of hydrogen-bond donors (Lipinski definition) is 1. The predicted molar refractivity (Wildman–Crippen MR) is 140 cm³/mol. The van der Waals surface area contributed by atoms with E-state index in [0.717, 1.165) is 53.0 Å². The topological polar surface area (TPSA) is 81.0 Å². The Morgan fingerprint density at radius 1 is 1.17 bits per heavy atom. The van der Waals surface area contributed by atoms with E-state index in [9.17, 15) is 9.90 Å². The summed E-state index contributed by atoms with van der Waals surface area (Å²) in [5, 5.41) is 9.30. The Bertz CT molecular complexity index is 1320. The minimum atomic E-state index is -0.693. The number of benzene rings is 2. The average Bonchev–Trinajstić information content (AvgIpc) is 3.48. The van der Waals surface area contributed by atoms with Crippen molar-refractivity contribution in [2.75, 3.05) is 13.7 Å². The summed E-state index contributed by atoms with van der Waals surface area (Å²) in [6, 6.07) is 16.6. The van der Waals surface area contributed by atoms with Gasteiger partial charge >= 0.3 is 5.97 Å². The summed E-state index contributed by atoms with van der Waals surface area (Å²) >= 11 is 0. The summed E-state index contributed by atoms with van der Waals surface area (Å²) in [5.41, 5.74) is 7.93. The highest BCUT2D eigenvalue weighted by atomic mass is 16.5. The third-order valence-corrected chi connectivity index (χ3v) is 7.42. The first-order valence-corrected chi connectivity index (χ1v) is 12.5. The van der Waals surface area contributed by atoms with Crippen molar-refractivity contribution in [3.05, 3.63) is 77.0 Å². The fourth-order valence-corrected chi connectivity index (χ4v) is 5.35. The lowest BCUT2D eigenvalue weighted by Gasteiger charge is -2.12. The Balaban J connectivity index is 1.19. The number of nitrogens with zero attached hydrogens (tertiary/aromatic N) is 2. The van der Waals surface area contributed by atoms with E-state index in [1.807, 2.05) is 32.2 Å². The number of pyridine rings is 1. The van der Waals surface area contributed by atoms with Gasteiger partial charge in [0.05, 0.1) is 12.5 Å². The molecule has 0 amide bonds. The molecule has 3 aromatic rings. The standard InChI is InChI=1S/C30H32N2O4/c1-18-12-23(35-11-5-6-19(2)31-3)9-10-24(18)21-8-4-7-20(13-21)17-36-27-15-22-14-25-28(26(22)16-32-27)29(25)30(33)34/h4,7-10,12-13,15-16,25,28-29H,5-6,11,14,17H2,1-3H3,(H,33,34)/b31-19+/t25-,28-,29+/m1/s1. The minimum Gasteiger partial charge on any atom is -0.494 e. The van der Waals surface area contributed by atoms with Crippen LogP contribution in [0.2, 0.25) is 0 Å². The summed E-state index contributed by atoms with van der Waals surface area (Å²) in [7, 11) is 1.82. The number of aryl methyl sites for hydroxylation is 1. The zero-order chi connectivity index (χ0) is 25.2. The Morgan fingerprint density at radius 3 is 2.81 bits per heavy atom. The molecular formula is C30H32N2O4. The molecule has 1 heterocycles. The van der Waals surface area contributed by atoms with Crippen LogP contribution in [0.4, 0.5) is 0 Å². The van der Waals surface area contributed by atoms with Crippen LogP contribution in [0, 0.1) is 18.8 Å². The van der Waals surface area contributed by atoms with Crippen molar-refractivity contribution in [2.45, 2.75) is 45.6 Å². The van der Waals surface area contributed by atoms with E-state index in [-0.39, 0.29) is 17.8 Å². The molecule has 1 saturated carbocycles. The summed E-state index contributed by atoms with van der Waals surface area (Å²) in [4.78, 5) is 19.9. The van der Waals surface area contributed by atoms with Crippen molar-refractivity contribution in [3.63, 3.8) is 0 Å². The van der Waals surface area contributed by atoms with Crippen LogP contribution >= 0.6 is 0 Å². The van der Waals surface area contributed by atoms with Gasteiger partial charge in [0.2, 0.25) is 5.88 Å². The molecule has 0 spiro atoms. The monoisotopic (exact) mass is 484 g/mol. The van der Waals surface area contributed by atoms with E-state index in [2.05, 4.69) is 47.2 Å². The number of hydrogen-bond acceptors (Lipinski definition) is 5. The number of aliphatic carboxylic acids is 1. The second-order valence-electron chi connectivity index (χ2n) is 9.86. The van der Waals surface area contributed by atoms with E-state index in [4.69, 9.17) is 9.47 Å². The average molecular weight is 485 g/mol. The van der Waals surface area contributed by atoms with Gasteiger partial charge in [0.1, 0.15) is 12.4 Å². The van der Waals surface area contributed by atoms with Gasteiger partial charge in [0.15, 0.2) is 0 Å². The number of carboxylic acid groups (broad SMARTS) is 1. The second-order valence-corrected chi connectivity index (χ2v) is 9.86. The van der Waals surface area contributed by atoms with Crippen LogP contribution in [0.5, 0.6) is 11.6 Å². The zero-order valence-electron chi connectivity index (χ0n) is 21.0. The first-order chi connectivity index (χ1) is 17.4. The van der Waals surface area contributed by atoms with E-state index in [1.165, 1.54) is 11.1 Å². The summed E-state index contributed by atoms with van der Waals surface area (Å²) in [6.45, 7) is 5.25. The smallest absolute Gasteiger partial charge is 0.307 e. The summed E-state index contributed by atoms with van der Waals surface area (Å²) < 4.78 is 11.9. The molecule has 3 atom stereocenters. The highest BCUT2D eigenvalue weighted by Crippen LogP contribution is 2.61. The maximum absolute atomic E-state index is 11.3. The van der Waals surface area contributed by atoms with Gasteiger partial charge in [-0.3, -0.25) is 9.79 Å². The van der Waals surface area contributed by atoms with E-state index >= 15 is 0 Å². The third-order valence-electron chi connectivity index (χ3n) is 7.42. The van der Waals surface area contributed by atoms with Gasteiger partial charge in [-0.2, -0.15) is 0 Å². The Labute approximate surface area is 212 Å². The molecule has 5 rings (SSSR count). The van der Waals surface area contributed by atoms with Crippen LogP contribution < -0.4 is 9.47 Å². The van der Waals surface area contributed by atoms with Gasteiger partial charge in [0.25, 0.3) is 0 Å². The Morgan fingerprint density at radius 2 is 2.03 bits per heavy atom.